The summed E-state index contributed by atoms with van der Waals surface area (Å²) in [6, 6.07) is 0. The minimum atomic E-state index is -0.973. The maximum absolute atomic E-state index is 12.4. The Labute approximate surface area is 126 Å². The number of carbonyl (C=O) groups excluding carboxylic acids is 2. The van der Waals surface area contributed by atoms with E-state index in [0.29, 0.717) is 13.0 Å². The van der Waals surface area contributed by atoms with Gasteiger partial charge in [-0.2, -0.15) is 0 Å². The van der Waals surface area contributed by atoms with Crippen molar-refractivity contribution in [3.05, 3.63) is 0 Å². The molecule has 2 unspecified atom stereocenters. The van der Waals surface area contributed by atoms with E-state index in [2.05, 4.69) is 5.32 Å². The van der Waals surface area contributed by atoms with E-state index in [4.69, 9.17) is 15.2 Å². The molecule has 0 radical (unpaired) electrons. The van der Waals surface area contributed by atoms with Crippen molar-refractivity contribution in [1.29, 1.82) is 0 Å². The lowest BCUT2D eigenvalue weighted by atomic mass is 9.54. The number of rotatable bonds is 6. The van der Waals surface area contributed by atoms with Crippen LogP contribution in [-0.2, 0) is 19.1 Å². The zero-order valence-corrected chi connectivity index (χ0v) is 13.9. The van der Waals surface area contributed by atoms with Gasteiger partial charge in [0.25, 0.3) is 0 Å². The van der Waals surface area contributed by atoms with E-state index in [1.54, 1.807) is 13.8 Å². The number of nitrogens with two attached hydrogens (primary N) is 1. The molecule has 1 aliphatic carbocycles. The van der Waals surface area contributed by atoms with E-state index in [0.717, 1.165) is 0 Å². The van der Waals surface area contributed by atoms with Crippen LogP contribution in [0.4, 0.5) is 0 Å². The highest BCUT2D eigenvalue weighted by Gasteiger charge is 2.62. The third-order valence-electron chi connectivity index (χ3n) is 4.66. The highest BCUT2D eigenvalue weighted by Crippen LogP contribution is 2.49. The summed E-state index contributed by atoms with van der Waals surface area (Å²) in [5, 5.41) is 2.78. The number of carbonyl (C=O) groups is 2. The number of hydrogen-bond acceptors (Lipinski definition) is 5. The maximum Gasteiger partial charge on any atom is 0.313 e. The predicted octanol–water partition coefficient (Wildman–Crippen LogP) is 0.834. The van der Waals surface area contributed by atoms with Crippen LogP contribution >= 0.6 is 0 Å². The van der Waals surface area contributed by atoms with Crippen molar-refractivity contribution < 1.29 is 19.1 Å². The largest absolute Gasteiger partial charge is 0.469 e. The van der Waals surface area contributed by atoms with E-state index < -0.39 is 16.4 Å². The van der Waals surface area contributed by atoms with Crippen molar-refractivity contribution >= 4 is 11.9 Å². The second-order valence-electron chi connectivity index (χ2n) is 6.90. The van der Waals surface area contributed by atoms with E-state index in [1.165, 1.54) is 7.11 Å². The lowest BCUT2D eigenvalue weighted by Gasteiger charge is -2.57. The van der Waals surface area contributed by atoms with Crippen LogP contribution in [0.25, 0.3) is 0 Å². The number of hydrogen-bond donors (Lipinski definition) is 2. The molecule has 0 aromatic carbocycles. The molecule has 0 saturated heterocycles. The molecule has 0 spiro atoms. The fourth-order valence-electron chi connectivity index (χ4n) is 2.63. The van der Waals surface area contributed by atoms with Gasteiger partial charge < -0.3 is 20.5 Å². The van der Waals surface area contributed by atoms with Crippen LogP contribution in [0.2, 0.25) is 0 Å². The molecular formula is C15H28N2O4. The lowest BCUT2D eigenvalue weighted by Crippen LogP contribution is -2.76. The molecule has 6 nitrogen and oxygen atoms in total. The summed E-state index contributed by atoms with van der Waals surface area (Å²) in [5.74, 6) is -0.616. The Morgan fingerprint density at radius 2 is 1.95 bits per heavy atom. The summed E-state index contributed by atoms with van der Waals surface area (Å²) in [6.07, 6.45) is 0.463. The minimum absolute atomic E-state index is 0.0214. The topological polar surface area (TPSA) is 90.6 Å². The van der Waals surface area contributed by atoms with Gasteiger partial charge in [0.05, 0.1) is 18.6 Å². The van der Waals surface area contributed by atoms with Gasteiger partial charge >= 0.3 is 5.97 Å². The van der Waals surface area contributed by atoms with Gasteiger partial charge in [-0.05, 0) is 20.8 Å². The molecule has 0 aliphatic heterocycles. The minimum Gasteiger partial charge on any atom is -0.469 e. The predicted molar refractivity (Wildman–Crippen MR) is 79.5 cm³/mol. The second-order valence-corrected chi connectivity index (χ2v) is 6.90. The SMILES string of the molecule is CCOC1CC(N)(C(=O)NCC(C)(C)C(=O)OC)C1(C)C. The Hall–Kier alpha value is -1.14. The standard InChI is InChI=1S/C15H28N2O4/c1-7-21-10-8-15(16,14(10,4)5)11(18)17-9-13(2,3)12(19)20-6/h10H,7-9,16H2,1-6H3,(H,17,18). The first-order valence-corrected chi connectivity index (χ1v) is 7.30. The average Bonchev–Trinajstić information content (AvgIpc) is 2.43. The van der Waals surface area contributed by atoms with Crippen LogP contribution in [0.5, 0.6) is 0 Å². The molecular weight excluding hydrogens is 272 g/mol. The van der Waals surface area contributed by atoms with Crippen molar-refractivity contribution in [3.63, 3.8) is 0 Å². The smallest absolute Gasteiger partial charge is 0.313 e. The van der Waals surface area contributed by atoms with Crippen LogP contribution in [0.3, 0.4) is 0 Å². The first kappa shape index (κ1) is 17.9. The molecule has 1 amide bonds. The summed E-state index contributed by atoms with van der Waals surface area (Å²) in [6.45, 7) is 10.0. The van der Waals surface area contributed by atoms with E-state index in [-0.39, 0.29) is 24.5 Å². The van der Waals surface area contributed by atoms with Gasteiger partial charge in [0, 0.05) is 25.0 Å². The third kappa shape index (κ3) is 3.06. The van der Waals surface area contributed by atoms with Gasteiger partial charge in [0.15, 0.2) is 0 Å². The molecule has 3 N–H and O–H groups in total. The van der Waals surface area contributed by atoms with Crippen LogP contribution in [0, 0.1) is 10.8 Å². The molecule has 0 aromatic rings. The first-order valence-electron chi connectivity index (χ1n) is 7.30. The van der Waals surface area contributed by atoms with E-state index in [9.17, 15) is 9.59 Å². The fraction of sp³-hybridized carbons (Fsp3) is 0.867. The van der Waals surface area contributed by atoms with Gasteiger partial charge in [-0.15, -0.1) is 0 Å². The molecule has 0 bridgehead atoms. The normalized spacial score (nSPS) is 27.7. The van der Waals surface area contributed by atoms with Crippen molar-refractivity contribution in [2.75, 3.05) is 20.3 Å². The first-order chi connectivity index (χ1) is 9.53. The lowest BCUT2D eigenvalue weighted by molar-refractivity contribution is -0.171. The van der Waals surface area contributed by atoms with Crippen molar-refractivity contribution in [1.82, 2.24) is 5.32 Å². The van der Waals surface area contributed by atoms with Crippen molar-refractivity contribution in [2.45, 2.75) is 52.7 Å². The molecule has 122 valence electrons. The molecule has 1 aliphatic rings. The Balaban J connectivity index is 2.67. The zero-order valence-electron chi connectivity index (χ0n) is 13.9. The van der Waals surface area contributed by atoms with Crippen LogP contribution in [-0.4, -0.2) is 43.8 Å². The van der Waals surface area contributed by atoms with Crippen LogP contribution < -0.4 is 11.1 Å². The zero-order chi connectivity index (χ0) is 16.5. The summed E-state index contributed by atoms with van der Waals surface area (Å²) < 4.78 is 10.3. The Bertz CT molecular complexity index is 420. The Morgan fingerprint density at radius 1 is 1.38 bits per heavy atom. The van der Waals surface area contributed by atoms with Crippen molar-refractivity contribution in [3.8, 4) is 0 Å². The van der Waals surface area contributed by atoms with Gasteiger partial charge in [-0.1, -0.05) is 13.8 Å². The van der Waals surface area contributed by atoms with Gasteiger partial charge in [-0.25, -0.2) is 0 Å². The quantitative estimate of drug-likeness (QED) is 0.709. The Morgan fingerprint density at radius 3 is 2.38 bits per heavy atom. The number of nitrogens with one attached hydrogen (secondary N) is 1. The summed E-state index contributed by atoms with van der Waals surface area (Å²) in [4.78, 5) is 24.0. The fourth-order valence-corrected chi connectivity index (χ4v) is 2.63. The van der Waals surface area contributed by atoms with E-state index in [1.807, 2.05) is 20.8 Å². The number of ether oxygens (including phenoxy) is 2. The molecule has 1 saturated carbocycles. The summed E-state index contributed by atoms with van der Waals surface area (Å²) >= 11 is 0. The third-order valence-corrected chi connectivity index (χ3v) is 4.66. The van der Waals surface area contributed by atoms with Gasteiger partial charge in [-0.3, -0.25) is 9.59 Å². The molecule has 0 heterocycles. The van der Waals surface area contributed by atoms with Gasteiger partial charge in [0.2, 0.25) is 5.91 Å². The van der Waals surface area contributed by atoms with Crippen LogP contribution in [0.15, 0.2) is 0 Å². The monoisotopic (exact) mass is 300 g/mol. The molecule has 1 rings (SSSR count). The number of esters is 1. The maximum atomic E-state index is 12.4. The summed E-state index contributed by atoms with van der Waals surface area (Å²) in [5.41, 5.74) is 4.08. The van der Waals surface area contributed by atoms with Crippen LogP contribution in [0.1, 0.15) is 41.0 Å². The number of amides is 1. The van der Waals surface area contributed by atoms with E-state index >= 15 is 0 Å². The average molecular weight is 300 g/mol. The molecule has 1 fully saturated rings. The molecule has 21 heavy (non-hydrogen) atoms. The second kappa shape index (κ2) is 5.93. The highest BCUT2D eigenvalue weighted by molar-refractivity contribution is 5.89. The van der Waals surface area contributed by atoms with Crippen molar-refractivity contribution in [2.24, 2.45) is 16.6 Å². The molecule has 0 aromatic heterocycles. The summed E-state index contributed by atoms with van der Waals surface area (Å²) in [7, 11) is 1.33. The highest BCUT2D eigenvalue weighted by atomic mass is 16.5. The Kier molecular flexibility index (Phi) is 5.05. The van der Waals surface area contributed by atoms with Gasteiger partial charge in [0.1, 0.15) is 5.54 Å². The number of methoxy groups -OCH3 is 1. The molecule has 6 heteroatoms. The molecule has 2 atom stereocenters.